The van der Waals surface area contributed by atoms with Gasteiger partial charge in [-0.15, -0.1) is 0 Å². The third kappa shape index (κ3) is 6.29. The number of hydrogen-bond acceptors (Lipinski definition) is 6. The minimum absolute atomic E-state index is 0.213. The number of ether oxygens (including phenoxy) is 1. The minimum atomic E-state index is -3.43. The largest absolute Gasteiger partial charge is 0.379 e. The average molecular weight is 400 g/mol. The van der Waals surface area contributed by atoms with Gasteiger partial charge in [0.2, 0.25) is 10.0 Å². The molecule has 0 unspecified atom stereocenters. The second-order valence-electron chi connectivity index (χ2n) is 5.75. The SMILES string of the molecule is CNS(=O)(=O)c1ccc(/C(C)=N\NC(=S)NCCN2CCOCC2)cc1. The molecule has 1 fully saturated rings. The lowest BCUT2D eigenvalue weighted by Crippen LogP contribution is -2.42. The van der Waals surface area contributed by atoms with E-state index in [-0.39, 0.29) is 4.90 Å². The second-order valence-corrected chi connectivity index (χ2v) is 8.05. The first kappa shape index (κ1) is 20.7. The highest BCUT2D eigenvalue weighted by Gasteiger charge is 2.11. The molecule has 3 N–H and O–H groups in total. The van der Waals surface area contributed by atoms with E-state index in [1.165, 1.54) is 7.05 Å². The van der Waals surface area contributed by atoms with E-state index in [1.807, 2.05) is 6.92 Å². The van der Waals surface area contributed by atoms with E-state index >= 15 is 0 Å². The maximum atomic E-state index is 11.7. The van der Waals surface area contributed by atoms with Crippen molar-refractivity contribution in [3.05, 3.63) is 29.8 Å². The Bertz CT molecular complexity index is 729. The first-order valence-electron chi connectivity index (χ1n) is 8.34. The number of hydrazone groups is 1. The lowest BCUT2D eigenvalue weighted by Gasteiger charge is -2.26. The number of nitrogens with zero attached hydrogens (tertiary/aromatic N) is 2. The highest BCUT2D eigenvalue weighted by molar-refractivity contribution is 7.89. The molecule has 0 amide bonds. The van der Waals surface area contributed by atoms with Crippen LogP contribution in [-0.2, 0) is 14.8 Å². The molecule has 10 heteroatoms. The summed E-state index contributed by atoms with van der Waals surface area (Å²) in [4.78, 5) is 2.53. The molecule has 0 aliphatic carbocycles. The molecule has 144 valence electrons. The van der Waals surface area contributed by atoms with Crippen LogP contribution < -0.4 is 15.5 Å². The van der Waals surface area contributed by atoms with Crippen molar-refractivity contribution in [2.75, 3.05) is 46.4 Å². The molecule has 1 heterocycles. The topological polar surface area (TPSA) is 95.1 Å². The fourth-order valence-corrected chi connectivity index (χ4v) is 3.26. The van der Waals surface area contributed by atoms with Gasteiger partial charge in [0.15, 0.2) is 5.11 Å². The lowest BCUT2D eigenvalue weighted by molar-refractivity contribution is 0.0389. The first-order chi connectivity index (χ1) is 12.4. The van der Waals surface area contributed by atoms with Crippen molar-refractivity contribution in [2.45, 2.75) is 11.8 Å². The highest BCUT2D eigenvalue weighted by Crippen LogP contribution is 2.10. The van der Waals surface area contributed by atoms with E-state index in [2.05, 4.69) is 25.5 Å². The smallest absolute Gasteiger partial charge is 0.240 e. The van der Waals surface area contributed by atoms with Crippen LogP contribution in [0, 0.1) is 0 Å². The van der Waals surface area contributed by atoms with Crippen molar-refractivity contribution in [1.82, 2.24) is 20.4 Å². The van der Waals surface area contributed by atoms with Crippen LogP contribution in [0.1, 0.15) is 12.5 Å². The summed E-state index contributed by atoms with van der Waals surface area (Å²) < 4.78 is 31.0. The Morgan fingerprint density at radius 3 is 2.54 bits per heavy atom. The molecule has 0 spiro atoms. The van der Waals surface area contributed by atoms with Crippen LogP contribution in [-0.4, -0.2) is 70.6 Å². The molecule has 1 saturated heterocycles. The Morgan fingerprint density at radius 2 is 1.92 bits per heavy atom. The van der Waals surface area contributed by atoms with Crippen molar-refractivity contribution in [3.8, 4) is 0 Å². The minimum Gasteiger partial charge on any atom is -0.379 e. The van der Waals surface area contributed by atoms with Crippen LogP contribution >= 0.6 is 12.2 Å². The monoisotopic (exact) mass is 399 g/mol. The number of hydrogen-bond donors (Lipinski definition) is 3. The number of thiocarbonyl (C=S) groups is 1. The molecule has 1 aliphatic heterocycles. The van der Waals surface area contributed by atoms with Gasteiger partial charge in [-0.05, 0) is 43.9 Å². The zero-order valence-electron chi connectivity index (χ0n) is 15.0. The Balaban J connectivity index is 1.80. The Labute approximate surface area is 160 Å². The number of sulfonamides is 1. The molecular formula is C16H25N5O3S2. The fraction of sp³-hybridized carbons (Fsp3) is 0.500. The van der Waals surface area contributed by atoms with Gasteiger partial charge in [0.05, 0.1) is 23.8 Å². The quantitative estimate of drug-likeness (QED) is 0.340. The standard InChI is InChI=1S/C16H25N5O3S2/c1-13(14-3-5-15(6-4-14)26(22,23)17-2)19-20-16(25)18-7-8-21-9-11-24-12-10-21/h3-6,17H,7-12H2,1-2H3,(H2,18,20,25)/b19-13-. The molecule has 0 saturated carbocycles. The van der Waals surface area contributed by atoms with E-state index in [0.717, 1.165) is 45.0 Å². The van der Waals surface area contributed by atoms with E-state index < -0.39 is 10.0 Å². The highest BCUT2D eigenvalue weighted by atomic mass is 32.2. The third-order valence-electron chi connectivity index (χ3n) is 3.99. The summed E-state index contributed by atoms with van der Waals surface area (Å²) in [5.41, 5.74) is 4.32. The van der Waals surface area contributed by atoms with Crippen LogP contribution in [0.4, 0.5) is 0 Å². The molecule has 8 nitrogen and oxygen atoms in total. The van der Waals surface area contributed by atoms with Gasteiger partial charge < -0.3 is 10.1 Å². The maximum Gasteiger partial charge on any atom is 0.240 e. The predicted octanol–water partition coefficient (Wildman–Crippen LogP) is 0.115. The van der Waals surface area contributed by atoms with Gasteiger partial charge in [-0.25, -0.2) is 13.1 Å². The summed E-state index contributed by atoms with van der Waals surface area (Å²) in [7, 11) is -2.05. The summed E-state index contributed by atoms with van der Waals surface area (Å²) in [6, 6.07) is 6.50. The number of rotatable bonds is 7. The van der Waals surface area contributed by atoms with Gasteiger partial charge in [-0.1, -0.05) is 12.1 Å². The molecule has 0 aromatic heterocycles. The molecule has 1 aromatic rings. The van der Waals surface area contributed by atoms with Crippen molar-refractivity contribution in [2.24, 2.45) is 5.10 Å². The fourth-order valence-electron chi connectivity index (χ4n) is 2.38. The third-order valence-corrected chi connectivity index (χ3v) is 5.66. The van der Waals surface area contributed by atoms with Crippen molar-refractivity contribution < 1.29 is 13.2 Å². The lowest BCUT2D eigenvalue weighted by atomic mass is 10.1. The average Bonchev–Trinajstić information content (AvgIpc) is 2.67. The summed E-state index contributed by atoms with van der Waals surface area (Å²) in [5, 5.41) is 7.80. The predicted molar refractivity (Wildman–Crippen MR) is 106 cm³/mol. The number of nitrogens with one attached hydrogen (secondary N) is 3. The van der Waals surface area contributed by atoms with Gasteiger partial charge in [0.25, 0.3) is 0 Å². The van der Waals surface area contributed by atoms with Crippen LogP contribution in [0.2, 0.25) is 0 Å². The van der Waals surface area contributed by atoms with Gasteiger partial charge in [0.1, 0.15) is 0 Å². The Morgan fingerprint density at radius 1 is 1.27 bits per heavy atom. The van der Waals surface area contributed by atoms with Crippen molar-refractivity contribution >= 4 is 33.1 Å². The molecule has 0 atom stereocenters. The van der Waals surface area contributed by atoms with Gasteiger partial charge >= 0.3 is 0 Å². The van der Waals surface area contributed by atoms with Crippen molar-refractivity contribution in [3.63, 3.8) is 0 Å². The molecule has 26 heavy (non-hydrogen) atoms. The van der Waals surface area contributed by atoms with Gasteiger partial charge in [-0.3, -0.25) is 10.3 Å². The summed E-state index contributed by atoms with van der Waals surface area (Å²) in [5.74, 6) is 0. The van der Waals surface area contributed by atoms with Crippen LogP contribution in [0.25, 0.3) is 0 Å². The Kier molecular flexibility index (Phi) is 7.91. The normalized spacial score (nSPS) is 16.3. The van der Waals surface area contributed by atoms with E-state index in [9.17, 15) is 8.42 Å². The van der Waals surface area contributed by atoms with Crippen LogP contribution in [0.15, 0.2) is 34.3 Å². The molecule has 1 aromatic carbocycles. The summed E-state index contributed by atoms with van der Waals surface area (Å²) in [6.45, 7) is 6.90. The summed E-state index contributed by atoms with van der Waals surface area (Å²) >= 11 is 5.21. The second kappa shape index (κ2) is 9.93. The molecule has 1 aliphatic rings. The van der Waals surface area contributed by atoms with E-state index in [0.29, 0.717) is 10.8 Å². The molecular weight excluding hydrogens is 374 g/mol. The van der Waals surface area contributed by atoms with Gasteiger partial charge in [-0.2, -0.15) is 5.10 Å². The first-order valence-corrected chi connectivity index (χ1v) is 10.2. The zero-order chi connectivity index (χ0) is 19.0. The molecule has 2 rings (SSSR count). The van der Waals surface area contributed by atoms with Crippen LogP contribution in [0.3, 0.4) is 0 Å². The number of morpholine rings is 1. The zero-order valence-corrected chi connectivity index (χ0v) is 16.6. The van der Waals surface area contributed by atoms with E-state index in [4.69, 9.17) is 17.0 Å². The van der Waals surface area contributed by atoms with E-state index in [1.54, 1.807) is 24.3 Å². The Hall–Kier alpha value is -1.59. The molecule has 0 bridgehead atoms. The van der Waals surface area contributed by atoms with Crippen LogP contribution in [0.5, 0.6) is 0 Å². The van der Waals surface area contributed by atoms with Crippen molar-refractivity contribution in [1.29, 1.82) is 0 Å². The maximum absolute atomic E-state index is 11.7. The number of benzene rings is 1. The molecule has 0 radical (unpaired) electrons. The van der Waals surface area contributed by atoms with Gasteiger partial charge in [0, 0.05) is 26.2 Å². The summed E-state index contributed by atoms with van der Waals surface area (Å²) in [6.07, 6.45) is 0.